The Balaban J connectivity index is 1.90. The number of carbonyl (C=O) groups excluding carboxylic acids is 1. The van der Waals surface area contributed by atoms with Crippen molar-refractivity contribution in [1.82, 2.24) is 0 Å². The summed E-state index contributed by atoms with van der Waals surface area (Å²) in [6.45, 7) is 0.194. The van der Waals surface area contributed by atoms with Crippen LogP contribution in [0.25, 0.3) is 0 Å². The maximum absolute atomic E-state index is 12.0. The van der Waals surface area contributed by atoms with Crippen LogP contribution >= 0.6 is 0 Å². The van der Waals surface area contributed by atoms with E-state index in [-0.39, 0.29) is 12.5 Å². The lowest BCUT2D eigenvalue weighted by Crippen LogP contribution is -2.22. The molecule has 0 aliphatic rings. The van der Waals surface area contributed by atoms with Gasteiger partial charge in [0.1, 0.15) is 5.75 Å². The van der Waals surface area contributed by atoms with E-state index in [0.29, 0.717) is 11.4 Å². The molecular formula is C17H21N3O2. The Morgan fingerprint density at radius 1 is 1.09 bits per heavy atom. The summed E-state index contributed by atoms with van der Waals surface area (Å²) in [6.07, 6.45) is 0. The molecule has 2 rings (SSSR count). The van der Waals surface area contributed by atoms with Crippen molar-refractivity contribution in [2.75, 3.05) is 43.3 Å². The molecule has 2 aromatic carbocycles. The molecule has 0 heterocycles. The third kappa shape index (κ3) is 4.15. The predicted octanol–water partition coefficient (Wildman–Crippen LogP) is 2.81. The number of nitrogens with one attached hydrogen (secondary N) is 2. The molecule has 0 aliphatic carbocycles. The van der Waals surface area contributed by atoms with Crippen LogP contribution in [-0.2, 0) is 4.79 Å². The fourth-order valence-corrected chi connectivity index (χ4v) is 2.00. The van der Waals surface area contributed by atoms with E-state index in [0.717, 1.165) is 11.4 Å². The van der Waals surface area contributed by atoms with Gasteiger partial charge in [-0.2, -0.15) is 0 Å². The SMILES string of the molecule is COc1ccccc1NC(=O)CNc1ccc(N(C)C)cc1. The van der Waals surface area contributed by atoms with E-state index in [4.69, 9.17) is 4.74 Å². The van der Waals surface area contributed by atoms with Crippen LogP contribution in [0.5, 0.6) is 5.75 Å². The fourth-order valence-electron chi connectivity index (χ4n) is 2.00. The quantitative estimate of drug-likeness (QED) is 0.861. The largest absolute Gasteiger partial charge is 0.495 e. The standard InChI is InChI=1S/C17H21N3O2/c1-20(2)14-10-8-13(9-11-14)18-12-17(21)19-15-6-4-5-7-16(15)22-3/h4-11,18H,12H2,1-3H3,(H,19,21). The zero-order chi connectivity index (χ0) is 15.9. The minimum atomic E-state index is -0.124. The highest BCUT2D eigenvalue weighted by Gasteiger charge is 2.06. The van der Waals surface area contributed by atoms with Crippen LogP contribution in [0.15, 0.2) is 48.5 Å². The van der Waals surface area contributed by atoms with E-state index in [2.05, 4.69) is 10.6 Å². The van der Waals surface area contributed by atoms with Gasteiger partial charge in [0.15, 0.2) is 0 Å². The average Bonchev–Trinajstić information content (AvgIpc) is 2.54. The van der Waals surface area contributed by atoms with Gasteiger partial charge >= 0.3 is 0 Å². The number of hydrogen-bond acceptors (Lipinski definition) is 4. The van der Waals surface area contributed by atoms with Crippen LogP contribution in [-0.4, -0.2) is 33.7 Å². The third-order valence-electron chi connectivity index (χ3n) is 3.22. The molecule has 2 aromatic rings. The van der Waals surface area contributed by atoms with Gasteiger partial charge in [-0.15, -0.1) is 0 Å². The summed E-state index contributed by atoms with van der Waals surface area (Å²) in [6, 6.07) is 15.2. The molecule has 0 fully saturated rings. The Bertz CT molecular complexity index is 624. The minimum Gasteiger partial charge on any atom is -0.495 e. The first-order chi connectivity index (χ1) is 10.6. The average molecular weight is 299 g/mol. The maximum atomic E-state index is 12.0. The monoisotopic (exact) mass is 299 g/mol. The van der Waals surface area contributed by atoms with E-state index in [9.17, 15) is 4.79 Å². The smallest absolute Gasteiger partial charge is 0.243 e. The molecular weight excluding hydrogens is 278 g/mol. The first kappa shape index (κ1) is 15.7. The van der Waals surface area contributed by atoms with Crippen LogP contribution < -0.4 is 20.3 Å². The fraction of sp³-hybridized carbons (Fsp3) is 0.235. The van der Waals surface area contributed by atoms with Gasteiger partial charge in [0.05, 0.1) is 19.3 Å². The molecule has 1 amide bonds. The lowest BCUT2D eigenvalue weighted by Gasteiger charge is -2.14. The molecule has 0 saturated carbocycles. The van der Waals surface area contributed by atoms with Crippen molar-refractivity contribution in [2.24, 2.45) is 0 Å². The van der Waals surface area contributed by atoms with Crippen molar-refractivity contribution in [3.63, 3.8) is 0 Å². The van der Waals surface area contributed by atoms with Gasteiger partial charge in [-0.25, -0.2) is 0 Å². The molecule has 0 radical (unpaired) electrons. The number of benzene rings is 2. The van der Waals surface area contributed by atoms with Gasteiger partial charge in [-0.1, -0.05) is 12.1 Å². The summed E-state index contributed by atoms with van der Waals surface area (Å²) in [7, 11) is 5.56. The van der Waals surface area contributed by atoms with Gasteiger partial charge in [0.2, 0.25) is 5.91 Å². The molecule has 5 nitrogen and oxygen atoms in total. The molecule has 0 bridgehead atoms. The third-order valence-corrected chi connectivity index (χ3v) is 3.22. The molecule has 22 heavy (non-hydrogen) atoms. The van der Waals surface area contributed by atoms with Gasteiger partial charge in [0, 0.05) is 25.5 Å². The van der Waals surface area contributed by atoms with Crippen LogP contribution in [0.2, 0.25) is 0 Å². The van der Waals surface area contributed by atoms with E-state index < -0.39 is 0 Å². The second kappa shape index (κ2) is 7.36. The van der Waals surface area contributed by atoms with Gasteiger partial charge in [0.25, 0.3) is 0 Å². The summed E-state index contributed by atoms with van der Waals surface area (Å²) in [5, 5.41) is 5.92. The Morgan fingerprint density at radius 2 is 1.77 bits per heavy atom. The zero-order valence-electron chi connectivity index (χ0n) is 13.1. The van der Waals surface area contributed by atoms with Gasteiger partial charge in [-0.3, -0.25) is 4.79 Å². The second-order valence-electron chi connectivity index (χ2n) is 5.04. The van der Waals surface area contributed by atoms with E-state index >= 15 is 0 Å². The van der Waals surface area contributed by atoms with Gasteiger partial charge in [-0.05, 0) is 36.4 Å². The first-order valence-electron chi connectivity index (χ1n) is 7.04. The molecule has 5 heteroatoms. The van der Waals surface area contributed by atoms with Crippen LogP contribution in [0.4, 0.5) is 17.1 Å². The van der Waals surface area contributed by atoms with E-state index in [1.165, 1.54) is 0 Å². The summed E-state index contributed by atoms with van der Waals surface area (Å²) in [5.41, 5.74) is 2.68. The number of para-hydroxylation sites is 2. The van der Waals surface area contributed by atoms with Crippen molar-refractivity contribution in [3.8, 4) is 5.75 Å². The number of amides is 1. The van der Waals surface area contributed by atoms with Crippen LogP contribution in [0.1, 0.15) is 0 Å². The topological polar surface area (TPSA) is 53.6 Å². The Hall–Kier alpha value is -2.69. The van der Waals surface area contributed by atoms with Crippen LogP contribution in [0, 0.1) is 0 Å². The Kier molecular flexibility index (Phi) is 5.25. The summed E-state index contributed by atoms with van der Waals surface area (Å²) < 4.78 is 5.20. The molecule has 2 N–H and O–H groups in total. The molecule has 0 atom stereocenters. The molecule has 0 unspecified atom stereocenters. The van der Waals surface area contributed by atoms with E-state index in [1.54, 1.807) is 7.11 Å². The molecule has 0 spiro atoms. The number of carbonyl (C=O) groups is 1. The van der Waals surface area contributed by atoms with Crippen molar-refractivity contribution in [2.45, 2.75) is 0 Å². The van der Waals surface area contributed by atoms with Crippen molar-refractivity contribution >= 4 is 23.0 Å². The number of rotatable bonds is 6. The van der Waals surface area contributed by atoms with Crippen molar-refractivity contribution in [3.05, 3.63) is 48.5 Å². The molecule has 0 saturated heterocycles. The van der Waals surface area contributed by atoms with Crippen molar-refractivity contribution in [1.29, 1.82) is 0 Å². The van der Waals surface area contributed by atoms with Crippen LogP contribution in [0.3, 0.4) is 0 Å². The number of anilines is 3. The molecule has 0 aliphatic heterocycles. The highest BCUT2D eigenvalue weighted by molar-refractivity contribution is 5.95. The highest BCUT2D eigenvalue weighted by atomic mass is 16.5. The Labute approximate surface area is 130 Å². The number of nitrogens with zero attached hydrogens (tertiary/aromatic N) is 1. The predicted molar refractivity (Wildman–Crippen MR) is 90.9 cm³/mol. The van der Waals surface area contributed by atoms with Gasteiger partial charge < -0.3 is 20.3 Å². The number of hydrogen-bond donors (Lipinski definition) is 2. The first-order valence-corrected chi connectivity index (χ1v) is 7.04. The van der Waals surface area contributed by atoms with Crippen molar-refractivity contribution < 1.29 is 9.53 Å². The maximum Gasteiger partial charge on any atom is 0.243 e. The lowest BCUT2D eigenvalue weighted by molar-refractivity contribution is -0.114. The summed E-state index contributed by atoms with van der Waals surface area (Å²) in [5.74, 6) is 0.521. The normalized spacial score (nSPS) is 9.95. The minimum absolute atomic E-state index is 0.124. The highest BCUT2D eigenvalue weighted by Crippen LogP contribution is 2.22. The molecule has 0 aromatic heterocycles. The van der Waals surface area contributed by atoms with E-state index in [1.807, 2.05) is 67.5 Å². The second-order valence-corrected chi connectivity index (χ2v) is 5.04. The lowest BCUT2D eigenvalue weighted by atomic mass is 10.2. The zero-order valence-corrected chi connectivity index (χ0v) is 13.1. The summed E-state index contributed by atoms with van der Waals surface area (Å²) >= 11 is 0. The Morgan fingerprint density at radius 3 is 2.41 bits per heavy atom. The number of ether oxygens (including phenoxy) is 1. The summed E-state index contributed by atoms with van der Waals surface area (Å²) in [4.78, 5) is 14.0. The molecule has 116 valence electrons. The number of methoxy groups -OCH3 is 1.